The van der Waals surface area contributed by atoms with E-state index in [2.05, 4.69) is 15.3 Å². The second kappa shape index (κ2) is 9.85. The van der Waals surface area contributed by atoms with Crippen LogP contribution < -0.4 is 5.32 Å². The second-order valence-corrected chi connectivity index (χ2v) is 9.34. The summed E-state index contributed by atoms with van der Waals surface area (Å²) in [4.78, 5) is 20.5. The molecule has 1 amide bonds. The van der Waals surface area contributed by atoms with Crippen LogP contribution in [-0.2, 0) is 27.5 Å². The van der Waals surface area contributed by atoms with Gasteiger partial charge >= 0.3 is 6.18 Å². The maximum Gasteiger partial charge on any atom is 0.416 e. The van der Waals surface area contributed by atoms with Crippen LogP contribution in [0.4, 0.5) is 17.6 Å². The highest BCUT2D eigenvalue weighted by Gasteiger charge is 2.30. The van der Waals surface area contributed by atoms with Crippen molar-refractivity contribution in [2.45, 2.75) is 30.6 Å². The van der Waals surface area contributed by atoms with E-state index in [0.717, 1.165) is 40.7 Å². The average Bonchev–Trinajstić information content (AvgIpc) is 2.81. The molecule has 2 aromatic carbocycles. The largest absolute Gasteiger partial charge is 0.416 e. The average molecular weight is 496 g/mol. The lowest BCUT2D eigenvalue weighted by Gasteiger charge is -2.23. The fraction of sp³-hybridized carbons (Fsp3) is 0.227. The van der Waals surface area contributed by atoms with Crippen LogP contribution in [0.25, 0.3) is 11.3 Å². The van der Waals surface area contributed by atoms with Crippen molar-refractivity contribution >= 4 is 15.9 Å². The van der Waals surface area contributed by atoms with Crippen LogP contribution in [0.5, 0.6) is 0 Å². The van der Waals surface area contributed by atoms with Crippen LogP contribution in [-0.4, -0.2) is 41.7 Å². The van der Waals surface area contributed by atoms with Gasteiger partial charge in [0.15, 0.2) is 0 Å². The SMILES string of the molecule is CC(C(=O)NCc1cc(-c2ccc(C(F)(F)F)cc2)ncn1)N(C)S(=O)(=O)c1ccc(F)cc1. The number of nitrogens with one attached hydrogen (secondary N) is 1. The Bertz CT molecular complexity index is 1260. The fourth-order valence-corrected chi connectivity index (χ4v) is 4.28. The number of carbonyl (C=O) groups excluding carboxylic acids is 1. The molecule has 3 aromatic rings. The smallest absolute Gasteiger partial charge is 0.349 e. The Balaban J connectivity index is 1.67. The summed E-state index contributed by atoms with van der Waals surface area (Å²) in [6, 6.07) is 9.10. The minimum absolute atomic E-state index is 0.0657. The predicted octanol–water partition coefficient (Wildman–Crippen LogP) is 3.63. The van der Waals surface area contributed by atoms with Gasteiger partial charge in [0.1, 0.15) is 18.2 Å². The Kier molecular flexibility index (Phi) is 7.32. The predicted molar refractivity (Wildman–Crippen MR) is 115 cm³/mol. The van der Waals surface area contributed by atoms with Gasteiger partial charge in [0, 0.05) is 12.6 Å². The summed E-state index contributed by atoms with van der Waals surface area (Å²) in [6.45, 7) is 1.33. The Morgan fingerprint density at radius 2 is 1.68 bits per heavy atom. The molecule has 1 atom stereocenters. The Morgan fingerprint density at radius 3 is 2.26 bits per heavy atom. The number of carbonyl (C=O) groups is 1. The lowest BCUT2D eigenvalue weighted by molar-refractivity contribution is -0.137. The summed E-state index contributed by atoms with van der Waals surface area (Å²) in [5, 5.41) is 2.58. The van der Waals surface area contributed by atoms with Gasteiger partial charge in [-0.15, -0.1) is 0 Å². The van der Waals surface area contributed by atoms with Gasteiger partial charge in [-0.05, 0) is 49.4 Å². The van der Waals surface area contributed by atoms with Gasteiger partial charge in [-0.25, -0.2) is 22.8 Å². The minimum Gasteiger partial charge on any atom is -0.349 e. The van der Waals surface area contributed by atoms with Crippen molar-refractivity contribution in [3.8, 4) is 11.3 Å². The van der Waals surface area contributed by atoms with Gasteiger partial charge in [-0.2, -0.15) is 17.5 Å². The Labute approximate surface area is 193 Å². The normalized spacial score (nSPS) is 13.0. The van der Waals surface area contributed by atoms with Crippen LogP contribution in [0.2, 0.25) is 0 Å². The first-order valence-electron chi connectivity index (χ1n) is 9.89. The molecule has 7 nitrogen and oxygen atoms in total. The molecule has 180 valence electrons. The van der Waals surface area contributed by atoms with Crippen LogP contribution in [0, 0.1) is 5.82 Å². The zero-order valence-corrected chi connectivity index (χ0v) is 18.9. The van der Waals surface area contributed by atoms with E-state index in [-0.39, 0.29) is 11.4 Å². The van der Waals surface area contributed by atoms with Crippen molar-refractivity contribution in [3.63, 3.8) is 0 Å². The number of alkyl halides is 3. The third-order valence-electron chi connectivity index (χ3n) is 5.09. The number of hydrogen-bond acceptors (Lipinski definition) is 5. The van der Waals surface area contributed by atoms with Gasteiger partial charge in [0.2, 0.25) is 15.9 Å². The topological polar surface area (TPSA) is 92.3 Å². The van der Waals surface area contributed by atoms with E-state index in [0.29, 0.717) is 17.0 Å². The summed E-state index contributed by atoms with van der Waals surface area (Å²) in [5.74, 6) is -1.20. The molecule has 0 saturated carbocycles. The number of rotatable bonds is 7. The summed E-state index contributed by atoms with van der Waals surface area (Å²) in [5.41, 5.74) is 0.375. The quantitative estimate of drug-likeness (QED) is 0.505. The number of sulfonamides is 1. The maximum absolute atomic E-state index is 13.1. The van der Waals surface area contributed by atoms with Crippen molar-refractivity contribution in [1.82, 2.24) is 19.6 Å². The first kappa shape index (κ1) is 25.2. The van der Waals surface area contributed by atoms with Gasteiger partial charge in [-0.1, -0.05) is 12.1 Å². The first-order valence-corrected chi connectivity index (χ1v) is 11.3. The molecular weight excluding hydrogens is 476 g/mol. The molecule has 12 heteroatoms. The summed E-state index contributed by atoms with van der Waals surface area (Å²) in [7, 11) is -2.81. The monoisotopic (exact) mass is 496 g/mol. The van der Waals surface area contributed by atoms with Gasteiger partial charge in [0.05, 0.1) is 28.4 Å². The summed E-state index contributed by atoms with van der Waals surface area (Å²) < 4.78 is 77.6. The van der Waals surface area contributed by atoms with Crippen LogP contribution >= 0.6 is 0 Å². The molecule has 3 rings (SSSR count). The van der Waals surface area contributed by atoms with E-state index >= 15 is 0 Å². The van der Waals surface area contributed by atoms with E-state index < -0.39 is 39.5 Å². The molecule has 0 fully saturated rings. The number of likely N-dealkylation sites (N-methyl/N-ethyl adjacent to an activating group) is 1. The zero-order valence-electron chi connectivity index (χ0n) is 18.0. The van der Waals surface area contributed by atoms with E-state index in [1.165, 1.54) is 38.5 Å². The third-order valence-corrected chi connectivity index (χ3v) is 7.03. The maximum atomic E-state index is 13.1. The first-order chi connectivity index (χ1) is 15.9. The van der Waals surface area contributed by atoms with Crippen molar-refractivity contribution in [2.75, 3.05) is 7.05 Å². The van der Waals surface area contributed by atoms with Gasteiger partial charge in [-0.3, -0.25) is 4.79 Å². The molecule has 0 aliphatic heterocycles. The molecule has 34 heavy (non-hydrogen) atoms. The zero-order chi connectivity index (χ0) is 25.1. The molecule has 1 heterocycles. The fourth-order valence-electron chi connectivity index (χ4n) is 2.95. The van der Waals surface area contributed by atoms with Gasteiger partial charge in [0.25, 0.3) is 0 Å². The van der Waals surface area contributed by atoms with Crippen LogP contribution in [0.1, 0.15) is 18.2 Å². The standard InChI is InChI=1S/C22H20F4N4O3S/c1-14(30(2)34(32,33)19-9-7-17(23)8-10-19)21(31)27-12-18-11-20(29-13-28-18)15-3-5-16(6-4-15)22(24,25)26/h3-11,13-14H,12H2,1-2H3,(H,27,31). The highest BCUT2D eigenvalue weighted by atomic mass is 32.2. The lowest BCUT2D eigenvalue weighted by atomic mass is 10.1. The number of hydrogen-bond donors (Lipinski definition) is 1. The number of aromatic nitrogens is 2. The molecule has 1 unspecified atom stereocenters. The van der Waals surface area contributed by atoms with Crippen molar-refractivity contribution in [3.05, 3.63) is 78.0 Å². The molecule has 0 aliphatic carbocycles. The highest BCUT2D eigenvalue weighted by Crippen LogP contribution is 2.30. The molecule has 1 N–H and O–H groups in total. The number of amides is 1. The number of nitrogens with zero attached hydrogens (tertiary/aromatic N) is 3. The molecule has 0 aliphatic rings. The van der Waals surface area contributed by atoms with Crippen molar-refractivity contribution in [2.24, 2.45) is 0 Å². The van der Waals surface area contributed by atoms with Crippen molar-refractivity contribution in [1.29, 1.82) is 0 Å². The molecular formula is C22H20F4N4O3S. The Hall–Kier alpha value is -3.38. The number of halogens is 4. The highest BCUT2D eigenvalue weighted by molar-refractivity contribution is 7.89. The van der Waals surface area contributed by atoms with Crippen molar-refractivity contribution < 1.29 is 30.8 Å². The lowest BCUT2D eigenvalue weighted by Crippen LogP contribution is -2.45. The molecule has 0 radical (unpaired) electrons. The summed E-state index contributed by atoms with van der Waals surface area (Å²) >= 11 is 0. The molecule has 1 aromatic heterocycles. The molecule has 0 bridgehead atoms. The van der Waals surface area contributed by atoms with Crippen LogP contribution in [0.15, 0.2) is 65.8 Å². The number of benzene rings is 2. The van der Waals surface area contributed by atoms with E-state index in [1.807, 2.05) is 0 Å². The van der Waals surface area contributed by atoms with Crippen LogP contribution in [0.3, 0.4) is 0 Å². The van der Waals surface area contributed by atoms with E-state index in [9.17, 15) is 30.8 Å². The van der Waals surface area contributed by atoms with E-state index in [4.69, 9.17) is 0 Å². The second-order valence-electron chi connectivity index (χ2n) is 7.34. The molecule has 0 saturated heterocycles. The van der Waals surface area contributed by atoms with Gasteiger partial charge < -0.3 is 5.32 Å². The molecule has 0 spiro atoms. The van der Waals surface area contributed by atoms with E-state index in [1.54, 1.807) is 0 Å². The minimum atomic E-state index is -4.45. The third kappa shape index (κ3) is 5.75. The summed E-state index contributed by atoms with van der Waals surface area (Å²) in [6.07, 6.45) is -3.24. The Morgan fingerprint density at radius 1 is 1.06 bits per heavy atom.